The van der Waals surface area contributed by atoms with Crippen LogP contribution in [0.15, 0.2) is 71.6 Å². The number of nitrogens with zero attached hydrogens (tertiary/aromatic N) is 2. The van der Waals surface area contributed by atoms with Crippen LogP contribution in [0.25, 0.3) is 0 Å². The first-order valence-corrected chi connectivity index (χ1v) is 14.5. The first-order chi connectivity index (χ1) is 19.0. The molecule has 3 rings (SSSR count). The minimum absolute atomic E-state index is 0.112. The molecule has 0 aliphatic rings. The molecule has 3 aromatic rings. The summed E-state index contributed by atoms with van der Waals surface area (Å²) in [5, 5.41) is 3.33. The highest BCUT2D eigenvalue weighted by Gasteiger charge is 2.33. The summed E-state index contributed by atoms with van der Waals surface area (Å²) >= 11 is 12.8. The fourth-order valence-corrected chi connectivity index (χ4v) is 5.93. The number of benzene rings is 3. The maximum absolute atomic E-state index is 14.0. The van der Waals surface area contributed by atoms with Gasteiger partial charge < -0.3 is 19.7 Å². The van der Waals surface area contributed by atoms with Gasteiger partial charge in [-0.2, -0.15) is 0 Å². The van der Waals surface area contributed by atoms with E-state index in [-0.39, 0.29) is 22.9 Å². The largest absolute Gasteiger partial charge is 0.493 e. The molecule has 0 aromatic heterocycles. The molecule has 1 atom stereocenters. The number of hydrogen-bond acceptors (Lipinski definition) is 6. The van der Waals surface area contributed by atoms with Gasteiger partial charge in [-0.25, -0.2) is 8.42 Å². The van der Waals surface area contributed by atoms with Crippen molar-refractivity contribution in [3.8, 4) is 11.5 Å². The lowest BCUT2D eigenvalue weighted by Gasteiger charge is -2.32. The van der Waals surface area contributed by atoms with Crippen LogP contribution in [0, 0.1) is 0 Å². The van der Waals surface area contributed by atoms with Crippen LogP contribution in [-0.4, -0.2) is 58.5 Å². The fraction of sp³-hybridized carbons (Fsp3) is 0.286. The zero-order valence-electron chi connectivity index (χ0n) is 22.6. The average molecular weight is 609 g/mol. The van der Waals surface area contributed by atoms with Crippen molar-refractivity contribution >= 4 is 50.7 Å². The van der Waals surface area contributed by atoms with E-state index in [0.29, 0.717) is 27.9 Å². The predicted molar refractivity (Wildman–Crippen MR) is 156 cm³/mol. The number of carbonyl (C=O) groups excluding carboxylic acids is 2. The molecule has 0 fully saturated rings. The molecule has 0 aliphatic heterocycles. The van der Waals surface area contributed by atoms with Crippen LogP contribution in [0.1, 0.15) is 19.4 Å². The number of ether oxygens (including phenoxy) is 2. The lowest BCUT2D eigenvalue weighted by molar-refractivity contribution is -0.139. The SMILES string of the molecule is CCNC(=O)[C@@H](C)N(Cc1c(Cl)cccc1Cl)C(=O)CN(c1ccccc1)S(=O)(=O)c1ccc(OC)c(OC)c1. The summed E-state index contributed by atoms with van der Waals surface area (Å²) in [7, 11) is -1.45. The van der Waals surface area contributed by atoms with Gasteiger partial charge in [0.05, 0.1) is 24.8 Å². The molecule has 0 heterocycles. The highest BCUT2D eigenvalue weighted by molar-refractivity contribution is 7.92. The molecular formula is C28H31Cl2N3O6S. The molecule has 0 saturated carbocycles. The first kappa shape index (κ1) is 31.1. The molecule has 0 aliphatic carbocycles. The molecule has 0 spiro atoms. The number of amides is 2. The third kappa shape index (κ3) is 6.99. The normalized spacial score (nSPS) is 11.8. The van der Waals surface area contributed by atoms with Crippen molar-refractivity contribution in [2.75, 3.05) is 31.6 Å². The maximum atomic E-state index is 14.0. The first-order valence-electron chi connectivity index (χ1n) is 12.3. The van der Waals surface area contributed by atoms with E-state index < -0.39 is 34.4 Å². The van der Waals surface area contributed by atoms with E-state index in [1.54, 1.807) is 62.4 Å². The number of rotatable bonds is 12. The Balaban J connectivity index is 2.08. The quantitative estimate of drug-likeness (QED) is 0.318. The van der Waals surface area contributed by atoms with Gasteiger partial charge in [0.15, 0.2) is 11.5 Å². The highest BCUT2D eigenvalue weighted by Crippen LogP contribution is 2.33. The average Bonchev–Trinajstić information content (AvgIpc) is 2.95. The minimum Gasteiger partial charge on any atom is -0.493 e. The van der Waals surface area contributed by atoms with Crippen molar-refractivity contribution in [1.29, 1.82) is 0 Å². The summed E-state index contributed by atoms with van der Waals surface area (Å²) in [4.78, 5) is 27.9. The Hall–Kier alpha value is -3.47. The molecule has 0 bridgehead atoms. The molecule has 1 N–H and O–H groups in total. The number of likely N-dealkylation sites (N-methyl/N-ethyl adjacent to an activating group) is 1. The molecule has 9 nitrogen and oxygen atoms in total. The lowest BCUT2D eigenvalue weighted by atomic mass is 10.1. The number of halogens is 2. The summed E-state index contributed by atoms with van der Waals surface area (Å²) in [6.07, 6.45) is 0. The Bertz CT molecular complexity index is 1430. The standard InChI is InChI=1S/C28H31Cl2N3O6S/c1-5-31-28(35)19(2)32(17-22-23(29)12-9-13-24(22)30)27(34)18-33(20-10-7-6-8-11-20)40(36,37)21-14-15-25(38-3)26(16-21)39-4/h6-16,19H,5,17-18H2,1-4H3,(H,31,35)/t19-/m1/s1. The predicted octanol–water partition coefficient (Wildman–Crippen LogP) is 4.76. The van der Waals surface area contributed by atoms with Crippen molar-refractivity contribution in [2.24, 2.45) is 0 Å². The molecule has 2 amide bonds. The number of methoxy groups -OCH3 is 2. The zero-order valence-corrected chi connectivity index (χ0v) is 24.9. The van der Waals surface area contributed by atoms with Crippen molar-refractivity contribution in [3.05, 3.63) is 82.3 Å². The second kappa shape index (κ2) is 13.7. The van der Waals surface area contributed by atoms with E-state index in [4.69, 9.17) is 32.7 Å². The highest BCUT2D eigenvalue weighted by atomic mass is 35.5. The minimum atomic E-state index is -4.29. The Kier molecular flexibility index (Phi) is 10.7. The van der Waals surface area contributed by atoms with Gasteiger partial charge >= 0.3 is 0 Å². The number of carbonyl (C=O) groups is 2. The Morgan fingerprint density at radius 1 is 0.925 bits per heavy atom. The van der Waals surface area contributed by atoms with Gasteiger partial charge in [-0.3, -0.25) is 13.9 Å². The Morgan fingerprint density at radius 3 is 2.12 bits per heavy atom. The fourth-order valence-electron chi connectivity index (χ4n) is 3.99. The van der Waals surface area contributed by atoms with E-state index in [9.17, 15) is 18.0 Å². The van der Waals surface area contributed by atoms with E-state index in [1.807, 2.05) is 0 Å². The van der Waals surface area contributed by atoms with Crippen molar-refractivity contribution in [2.45, 2.75) is 31.3 Å². The lowest BCUT2D eigenvalue weighted by Crippen LogP contribution is -2.51. The van der Waals surface area contributed by atoms with E-state index in [0.717, 1.165) is 4.31 Å². The van der Waals surface area contributed by atoms with Crippen molar-refractivity contribution < 1.29 is 27.5 Å². The van der Waals surface area contributed by atoms with Crippen LogP contribution in [0.4, 0.5) is 5.69 Å². The van der Waals surface area contributed by atoms with Crippen LogP contribution in [0.3, 0.4) is 0 Å². The molecule has 0 radical (unpaired) electrons. The molecule has 0 saturated heterocycles. The van der Waals surface area contributed by atoms with Gasteiger partial charge in [0.2, 0.25) is 11.8 Å². The smallest absolute Gasteiger partial charge is 0.264 e. The van der Waals surface area contributed by atoms with Gasteiger partial charge in [-0.15, -0.1) is 0 Å². The van der Waals surface area contributed by atoms with E-state index in [2.05, 4.69) is 5.32 Å². The van der Waals surface area contributed by atoms with Gasteiger partial charge in [0, 0.05) is 34.8 Å². The van der Waals surface area contributed by atoms with Crippen LogP contribution >= 0.6 is 23.2 Å². The summed E-state index contributed by atoms with van der Waals surface area (Å²) < 4.78 is 39.5. The van der Waals surface area contributed by atoms with Gasteiger partial charge in [-0.05, 0) is 50.2 Å². The molecular weight excluding hydrogens is 577 g/mol. The number of para-hydroxylation sites is 1. The third-order valence-corrected chi connectivity index (χ3v) is 8.65. The van der Waals surface area contributed by atoms with Crippen LogP contribution < -0.4 is 19.1 Å². The van der Waals surface area contributed by atoms with Gasteiger partial charge in [0.25, 0.3) is 10.0 Å². The number of hydrogen-bond donors (Lipinski definition) is 1. The molecule has 40 heavy (non-hydrogen) atoms. The molecule has 12 heteroatoms. The Morgan fingerprint density at radius 2 is 1.55 bits per heavy atom. The molecule has 0 unspecified atom stereocenters. The number of sulfonamides is 1. The second-order valence-corrected chi connectivity index (χ2v) is 11.3. The van der Waals surface area contributed by atoms with Crippen molar-refractivity contribution in [1.82, 2.24) is 10.2 Å². The van der Waals surface area contributed by atoms with Crippen LogP contribution in [0.2, 0.25) is 10.0 Å². The topological polar surface area (TPSA) is 105 Å². The van der Waals surface area contributed by atoms with Crippen LogP contribution in [0.5, 0.6) is 11.5 Å². The summed E-state index contributed by atoms with van der Waals surface area (Å²) in [5.74, 6) is -0.485. The Labute approximate surface area is 244 Å². The third-order valence-electron chi connectivity index (χ3n) is 6.17. The van der Waals surface area contributed by atoms with E-state index in [1.165, 1.54) is 37.3 Å². The summed E-state index contributed by atoms with van der Waals surface area (Å²) in [6, 6.07) is 16.3. The maximum Gasteiger partial charge on any atom is 0.264 e. The van der Waals surface area contributed by atoms with E-state index >= 15 is 0 Å². The molecule has 3 aromatic carbocycles. The number of nitrogens with one attached hydrogen (secondary N) is 1. The summed E-state index contributed by atoms with van der Waals surface area (Å²) in [6.45, 7) is 2.95. The second-order valence-electron chi connectivity index (χ2n) is 8.66. The van der Waals surface area contributed by atoms with Crippen molar-refractivity contribution in [3.63, 3.8) is 0 Å². The monoisotopic (exact) mass is 607 g/mol. The molecule has 214 valence electrons. The van der Waals surface area contributed by atoms with Gasteiger partial charge in [0.1, 0.15) is 12.6 Å². The van der Waals surface area contributed by atoms with Crippen LogP contribution in [-0.2, 0) is 26.2 Å². The summed E-state index contributed by atoms with van der Waals surface area (Å²) in [5.41, 5.74) is 0.691. The number of anilines is 1. The van der Waals surface area contributed by atoms with Gasteiger partial charge in [-0.1, -0.05) is 47.5 Å². The zero-order chi connectivity index (χ0) is 29.4.